The molecule has 0 saturated carbocycles. The summed E-state index contributed by atoms with van der Waals surface area (Å²) in [5.41, 5.74) is 0. The highest BCUT2D eigenvalue weighted by Crippen LogP contribution is 2.41. The summed E-state index contributed by atoms with van der Waals surface area (Å²) in [5, 5.41) is 3.44. The molecule has 2 N–H and O–H groups in total. The zero-order chi connectivity index (χ0) is 9.41. The van der Waals surface area contributed by atoms with Gasteiger partial charge < -0.3 is 10.1 Å². The van der Waals surface area contributed by atoms with Gasteiger partial charge in [-0.3, -0.25) is 0 Å². The quantitative estimate of drug-likeness (QED) is 0.657. The Morgan fingerprint density at radius 3 is 2.17 bits per heavy atom. The van der Waals surface area contributed by atoms with Crippen molar-refractivity contribution in [1.82, 2.24) is 5.32 Å². The lowest BCUT2D eigenvalue weighted by Gasteiger charge is -2.40. The summed E-state index contributed by atoms with van der Waals surface area (Å²) >= 11 is 0. The summed E-state index contributed by atoms with van der Waals surface area (Å²) in [6.45, 7) is 10.8. The van der Waals surface area contributed by atoms with Crippen LogP contribution >= 0.6 is 0 Å². The second-order valence-corrected chi connectivity index (χ2v) is 9.64. The summed E-state index contributed by atoms with van der Waals surface area (Å²) < 4.78 is 0. The molecule has 0 aromatic heterocycles. The minimum atomic E-state index is -1.96. The normalized spacial score (nSPS) is 20.8. The standard InChI is InChI=1S/C9H21NOSi/c1-9(2,12(3,4)11)5-8-6-10-7-8/h8,10-11H,5-7H2,1-4H3. The first kappa shape index (κ1) is 10.2. The van der Waals surface area contributed by atoms with Crippen LogP contribution in [0.15, 0.2) is 0 Å². The van der Waals surface area contributed by atoms with Crippen LogP contribution in [-0.4, -0.2) is 26.2 Å². The van der Waals surface area contributed by atoms with Crippen molar-refractivity contribution < 1.29 is 4.80 Å². The van der Waals surface area contributed by atoms with Gasteiger partial charge in [0.05, 0.1) is 0 Å². The topological polar surface area (TPSA) is 32.3 Å². The molecule has 0 radical (unpaired) electrons. The minimum Gasteiger partial charge on any atom is -0.432 e. The molecule has 0 aliphatic carbocycles. The van der Waals surface area contributed by atoms with Crippen molar-refractivity contribution in [3.05, 3.63) is 0 Å². The van der Waals surface area contributed by atoms with Gasteiger partial charge in [0.25, 0.3) is 0 Å². The molecular weight excluding hydrogens is 166 g/mol. The van der Waals surface area contributed by atoms with Crippen molar-refractivity contribution in [2.45, 2.75) is 38.4 Å². The van der Waals surface area contributed by atoms with Gasteiger partial charge in [-0.05, 0) is 43.6 Å². The van der Waals surface area contributed by atoms with Crippen LogP contribution in [0.3, 0.4) is 0 Å². The largest absolute Gasteiger partial charge is 0.432 e. The summed E-state index contributed by atoms with van der Waals surface area (Å²) in [4.78, 5) is 10.0. The van der Waals surface area contributed by atoms with E-state index in [0.29, 0.717) is 0 Å². The fourth-order valence-electron chi connectivity index (χ4n) is 1.46. The molecule has 2 nitrogen and oxygen atoms in total. The van der Waals surface area contributed by atoms with E-state index in [1.54, 1.807) is 0 Å². The lowest BCUT2D eigenvalue weighted by atomic mass is 9.92. The van der Waals surface area contributed by atoms with Gasteiger partial charge in [0.2, 0.25) is 0 Å². The van der Waals surface area contributed by atoms with Gasteiger partial charge in [0, 0.05) is 0 Å². The van der Waals surface area contributed by atoms with E-state index in [2.05, 4.69) is 19.2 Å². The zero-order valence-corrected chi connectivity index (χ0v) is 9.65. The van der Waals surface area contributed by atoms with E-state index in [0.717, 1.165) is 19.0 Å². The summed E-state index contributed by atoms with van der Waals surface area (Å²) in [7, 11) is -1.96. The first-order chi connectivity index (χ1) is 5.33. The molecule has 0 atom stereocenters. The van der Waals surface area contributed by atoms with E-state index in [4.69, 9.17) is 0 Å². The number of hydrogen-bond donors (Lipinski definition) is 2. The molecule has 0 aromatic carbocycles. The van der Waals surface area contributed by atoms with Gasteiger partial charge in [-0.1, -0.05) is 13.8 Å². The third kappa shape index (κ3) is 2.09. The molecule has 3 heteroatoms. The van der Waals surface area contributed by atoms with E-state index >= 15 is 0 Å². The maximum absolute atomic E-state index is 10.0. The Bertz CT molecular complexity index is 158. The molecule has 0 spiro atoms. The third-order valence-electron chi connectivity index (χ3n) is 3.32. The van der Waals surface area contributed by atoms with Crippen molar-refractivity contribution in [2.24, 2.45) is 5.92 Å². The summed E-state index contributed by atoms with van der Waals surface area (Å²) in [6.07, 6.45) is 1.18. The second-order valence-electron chi connectivity index (χ2n) is 5.17. The molecule has 0 bridgehead atoms. The molecule has 1 saturated heterocycles. The Morgan fingerprint density at radius 2 is 1.92 bits per heavy atom. The van der Waals surface area contributed by atoms with Crippen LogP contribution in [0, 0.1) is 5.92 Å². The molecule has 1 heterocycles. The molecular formula is C9H21NOSi. The SMILES string of the molecule is CC(C)(CC1CNC1)[Si](C)(C)O. The molecule has 1 aliphatic heterocycles. The van der Waals surface area contributed by atoms with Gasteiger partial charge in [0.15, 0.2) is 8.32 Å². The van der Waals surface area contributed by atoms with Crippen LogP contribution in [0.4, 0.5) is 0 Å². The number of hydrogen-bond acceptors (Lipinski definition) is 2. The predicted molar refractivity (Wildman–Crippen MR) is 54.7 cm³/mol. The Balaban J connectivity index is 2.46. The van der Waals surface area contributed by atoms with Gasteiger partial charge in [-0.15, -0.1) is 0 Å². The van der Waals surface area contributed by atoms with E-state index in [-0.39, 0.29) is 5.04 Å². The van der Waals surface area contributed by atoms with Crippen LogP contribution < -0.4 is 5.32 Å². The monoisotopic (exact) mass is 187 g/mol. The average molecular weight is 187 g/mol. The van der Waals surface area contributed by atoms with Crippen LogP contribution in [0.25, 0.3) is 0 Å². The average Bonchev–Trinajstić information content (AvgIpc) is 1.76. The van der Waals surface area contributed by atoms with Crippen molar-refractivity contribution in [1.29, 1.82) is 0 Å². The van der Waals surface area contributed by atoms with Crippen LogP contribution in [0.2, 0.25) is 18.1 Å². The van der Waals surface area contributed by atoms with Gasteiger partial charge in [-0.25, -0.2) is 0 Å². The summed E-state index contributed by atoms with van der Waals surface area (Å²) in [6, 6.07) is 0. The van der Waals surface area contributed by atoms with E-state index in [1.807, 2.05) is 13.1 Å². The maximum Gasteiger partial charge on any atom is 0.188 e. The molecule has 0 aromatic rings. The number of nitrogens with one attached hydrogen (secondary N) is 1. The fourth-order valence-corrected chi connectivity index (χ4v) is 2.25. The van der Waals surface area contributed by atoms with Crippen molar-refractivity contribution in [3.8, 4) is 0 Å². The van der Waals surface area contributed by atoms with Crippen LogP contribution in [-0.2, 0) is 0 Å². The first-order valence-electron chi connectivity index (χ1n) is 4.76. The minimum absolute atomic E-state index is 0.166. The fraction of sp³-hybridized carbons (Fsp3) is 1.00. The smallest absolute Gasteiger partial charge is 0.188 e. The zero-order valence-electron chi connectivity index (χ0n) is 8.65. The highest BCUT2D eigenvalue weighted by Gasteiger charge is 2.40. The highest BCUT2D eigenvalue weighted by molar-refractivity contribution is 6.72. The van der Waals surface area contributed by atoms with E-state index < -0.39 is 8.32 Å². The van der Waals surface area contributed by atoms with Crippen molar-refractivity contribution in [3.63, 3.8) is 0 Å². The first-order valence-corrected chi connectivity index (χ1v) is 7.71. The predicted octanol–water partition coefficient (Wildman–Crippen LogP) is 1.57. The molecule has 1 rings (SSSR count). The molecule has 1 aliphatic rings. The van der Waals surface area contributed by atoms with Crippen LogP contribution in [0.1, 0.15) is 20.3 Å². The van der Waals surface area contributed by atoms with Gasteiger partial charge >= 0.3 is 0 Å². The lowest BCUT2D eigenvalue weighted by Crippen LogP contribution is -2.47. The lowest BCUT2D eigenvalue weighted by molar-refractivity contribution is 0.282. The van der Waals surface area contributed by atoms with Gasteiger partial charge in [-0.2, -0.15) is 0 Å². The summed E-state index contributed by atoms with van der Waals surface area (Å²) in [5.74, 6) is 0.805. The van der Waals surface area contributed by atoms with Crippen LogP contribution in [0.5, 0.6) is 0 Å². The Labute approximate surface area is 76.5 Å². The second kappa shape index (κ2) is 3.12. The van der Waals surface area contributed by atoms with Crippen molar-refractivity contribution >= 4 is 8.32 Å². The number of rotatable bonds is 3. The Hall–Kier alpha value is 0.137. The maximum atomic E-state index is 10.0. The molecule has 0 amide bonds. The molecule has 72 valence electrons. The molecule has 1 fully saturated rings. The Kier molecular flexibility index (Phi) is 2.66. The molecule has 0 unspecified atom stereocenters. The third-order valence-corrected chi connectivity index (χ3v) is 6.84. The van der Waals surface area contributed by atoms with Crippen molar-refractivity contribution in [2.75, 3.05) is 13.1 Å². The van der Waals surface area contributed by atoms with E-state index in [1.165, 1.54) is 6.42 Å². The Morgan fingerprint density at radius 1 is 1.42 bits per heavy atom. The van der Waals surface area contributed by atoms with Gasteiger partial charge in [0.1, 0.15) is 0 Å². The molecule has 12 heavy (non-hydrogen) atoms. The highest BCUT2D eigenvalue weighted by atomic mass is 28.4. The van der Waals surface area contributed by atoms with E-state index in [9.17, 15) is 4.80 Å².